The van der Waals surface area contributed by atoms with Crippen LogP contribution in [0.2, 0.25) is 0 Å². The van der Waals surface area contributed by atoms with Gasteiger partial charge in [-0.3, -0.25) is 0 Å². The van der Waals surface area contributed by atoms with Crippen molar-refractivity contribution in [3.63, 3.8) is 0 Å². The Balaban J connectivity index is 1.63. The van der Waals surface area contributed by atoms with Gasteiger partial charge in [-0.2, -0.15) is 0 Å². The van der Waals surface area contributed by atoms with Crippen LogP contribution in [-0.2, 0) is 21.4 Å². The number of carbonyl (C=O) groups excluding carboxylic acids is 1. The molecule has 1 N–H and O–H groups in total. The lowest BCUT2D eigenvalue weighted by atomic mass is 10.2. The molecule has 164 valence electrons. The quantitative estimate of drug-likeness (QED) is 0.480. The second-order valence-electron chi connectivity index (χ2n) is 6.88. The number of ether oxygens (including phenoxy) is 2. The van der Waals surface area contributed by atoms with Crippen molar-refractivity contribution in [2.75, 3.05) is 7.11 Å². The van der Waals surface area contributed by atoms with Gasteiger partial charge in [0, 0.05) is 11.4 Å². The highest BCUT2D eigenvalue weighted by Gasteiger charge is 2.18. The van der Waals surface area contributed by atoms with Crippen LogP contribution in [0.4, 0.5) is 0 Å². The van der Waals surface area contributed by atoms with Crippen molar-refractivity contribution >= 4 is 27.3 Å². The van der Waals surface area contributed by atoms with Crippen LogP contribution in [0.15, 0.2) is 58.8 Å². The van der Waals surface area contributed by atoms with Crippen LogP contribution in [0.5, 0.6) is 5.75 Å². The molecule has 0 aliphatic rings. The van der Waals surface area contributed by atoms with Gasteiger partial charge in [0.05, 0.1) is 28.8 Å². The van der Waals surface area contributed by atoms with Crippen LogP contribution in [0.1, 0.15) is 36.3 Å². The van der Waals surface area contributed by atoms with Crippen LogP contribution in [-0.4, -0.2) is 32.5 Å². The van der Waals surface area contributed by atoms with Gasteiger partial charge in [-0.1, -0.05) is 19.1 Å². The number of benzene rings is 2. The van der Waals surface area contributed by atoms with E-state index in [4.69, 9.17) is 9.47 Å². The molecule has 1 unspecified atom stereocenters. The molecule has 0 aliphatic heterocycles. The van der Waals surface area contributed by atoms with Gasteiger partial charge in [0.15, 0.2) is 0 Å². The van der Waals surface area contributed by atoms with Gasteiger partial charge in [0.1, 0.15) is 17.4 Å². The zero-order valence-corrected chi connectivity index (χ0v) is 19.1. The average molecular weight is 461 g/mol. The Bertz CT molecular complexity index is 1140. The first kappa shape index (κ1) is 22.9. The number of thiazole rings is 1. The predicted octanol–water partition coefficient (Wildman–Crippen LogP) is 4.25. The molecule has 0 bridgehead atoms. The van der Waals surface area contributed by atoms with E-state index in [9.17, 15) is 13.2 Å². The van der Waals surface area contributed by atoms with Crippen molar-refractivity contribution in [2.24, 2.45) is 0 Å². The first-order valence-corrected chi connectivity index (χ1v) is 12.1. The molecule has 0 aliphatic carbocycles. The third kappa shape index (κ3) is 5.69. The Morgan fingerprint density at radius 2 is 1.87 bits per heavy atom. The molecule has 0 radical (unpaired) electrons. The summed E-state index contributed by atoms with van der Waals surface area (Å²) in [6.07, 6.45) is 0.680. The molecule has 0 saturated heterocycles. The summed E-state index contributed by atoms with van der Waals surface area (Å²) < 4.78 is 37.9. The number of nitrogens with one attached hydrogen (secondary N) is 1. The average Bonchev–Trinajstić information content (AvgIpc) is 3.26. The van der Waals surface area contributed by atoms with Crippen molar-refractivity contribution in [3.05, 3.63) is 65.2 Å². The Labute approximate surface area is 186 Å². The fourth-order valence-corrected chi connectivity index (χ4v) is 4.89. The molecule has 9 heteroatoms. The van der Waals surface area contributed by atoms with Crippen LogP contribution in [0, 0.1) is 0 Å². The number of carbonyl (C=O) groups is 1. The fraction of sp³-hybridized carbons (Fsp3) is 0.273. The van der Waals surface area contributed by atoms with Gasteiger partial charge >= 0.3 is 5.97 Å². The molecule has 31 heavy (non-hydrogen) atoms. The van der Waals surface area contributed by atoms with Crippen molar-refractivity contribution in [3.8, 4) is 16.3 Å². The maximum Gasteiger partial charge on any atom is 0.338 e. The SMILES string of the molecule is CCC(C)NS(=O)(=O)c1ccc(C(=O)OCc2csc(-c3ccccc3OC)n2)cc1. The third-order valence-electron chi connectivity index (χ3n) is 4.61. The highest BCUT2D eigenvalue weighted by molar-refractivity contribution is 7.89. The van der Waals surface area contributed by atoms with Crippen LogP contribution < -0.4 is 9.46 Å². The van der Waals surface area contributed by atoms with Gasteiger partial charge in [-0.15, -0.1) is 11.3 Å². The first-order valence-electron chi connectivity index (χ1n) is 9.71. The van der Waals surface area contributed by atoms with E-state index < -0.39 is 16.0 Å². The van der Waals surface area contributed by atoms with E-state index in [0.29, 0.717) is 12.1 Å². The monoisotopic (exact) mass is 460 g/mol. The van der Waals surface area contributed by atoms with Crippen LogP contribution in [0.3, 0.4) is 0 Å². The molecular formula is C22H24N2O5S2. The summed E-state index contributed by atoms with van der Waals surface area (Å²) in [4.78, 5) is 17.0. The number of sulfonamides is 1. The normalized spacial score (nSPS) is 12.4. The van der Waals surface area contributed by atoms with Gasteiger partial charge in [0.2, 0.25) is 10.0 Å². The highest BCUT2D eigenvalue weighted by atomic mass is 32.2. The lowest BCUT2D eigenvalue weighted by Gasteiger charge is -2.12. The molecule has 7 nitrogen and oxygen atoms in total. The number of methoxy groups -OCH3 is 1. The molecule has 0 saturated carbocycles. The Hall–Kier alpha value is -2.75. The molecule has 0 amide bonds. The Morgan fingerprint density at radius 1 is 1.16 bits per heavy atom. The van der Waals surface area contributed by atoms with Crippen molar-refractivity contribution in [1.29, 1.82) is 0 Å². The summed E-state index contributed by atoms with van der Waals surface area (Å²) >= 11 is 1.43. The van der Waals surface area contributed by atoms with E-state index in [1.807, 2.05) is 36.6 Å². The minimum Gasteiger partial charge on any atom is -0.496 e. The minimum absolute atomic E-state index is 0.0140. The molecule has 0 spiro atoms. The molecular weight excluding hydrogens is 436 g/mol. The van der Waals surface area contributed by atoms with E-state index in [1.165, 1.54) is 35.6 Å². The predicted molar refractivity (Wildman–Crippen MR) is 120 cm³/mol. The fourth-order valence-electron chi connectivity index (χ4n) is 2.73. The number of nitrogens with zero attached hydrogens (tertiary/aromatic N) is 1. The summed E-state index contributed by atoms with van der Waals surface area (Å²) in [5.74, 6) is 0.170. The Morgan fingerprint density at radius 3 is 2.55 bits per heavy atom. The van der Waals surface area contributed by atoms with Gasteiger partial charge in [0.25, 0.3) is 0 Å². The molecule has 1 aromatic heterocycles. The summed E-state index contributed by atoms with van der Waals surface area (Å²) in [5, 5.41) is 2.59. The standard InChI is InChI=1S/C22H24N2O5S2/c1-4-15(2)24-31(26,27)18-11-9-16(10-12-18)22(25)29-13-17-14-30-21(23-17)19-7-5-6-8-20(19)28-3/h5-12,14-15,24H,4,13H2,1-3H3. The summed E-state index contributed by atoms with van der Waals surface area (Å²) in [6.45, 7) is 3.70. The second kappa shape index (κ2) is 10.0. The number of hydrogen-bond acceptors (Lipinski definition) is 7. The van der Waals surface area contributed by atoms with E-state index in [-0.39, 0.29) is 23.1 Å². The zero-order chi connectivity index (χ0) is 22.4. The van der Waals surface area contributed by atoms with Crippen molar-refractivity contribution in [1.82, 2.24) is 9.71 Å². The molecule has 2 aromatic carbocycles. The number of esters is 1. The molecule has 3 aromatic rings. The van der Waals surface area contributed by atoms with Gasteiger partial charge < -0.3 is 9.47 Å². The number of aromatic nitrogens is 1. The van der Waals surface area contributed by atoms with E-state index in [2.05, 4.69) is 9.71 Å². The summed E-state index contributed by atoms with van der Waals surface area (Å²) in [5.41, 5.74) is 1.76. The smallest absolute Gasteiger partial charge is 0.338 e. The maximum absolute atomic E-state index is 12.3. The Kier molecular flexibility index (Phi) is 7.42. The summed E-state index contributed by atoms with van der Waals surface area (Å²) in [6, 6.07) is 13.1. The number of rotatable bonds is 9. The van der Waals surface area contributed by atoms with E-state index in [1.54, 1.807) is 14.0 Å². The van der Waals surface area contributed by atoms with Crippen molar-refractivity contribution < 1.29 is 22.7 Å². The van der Waals surface area contributed by atoms with Gasteiger partial charge in [-0.05, 0) is 49.7 Å². The first-order chi connectivity index (χ1) is 14.8. The summed E-state index contributed by atoms with van der Waals surface area (Å²) in [7, 11) is -2.02. The molecule has 1 heterocycles. The topological polar surface area (TPSA) is 94.6 Å². The third-order valence-corrected chi connectivity index (χ3v) is 7.14. The van der Waals surface area contributed by atoms with E-state index >= 15 is 0 Å². The minimum atomic E-state index is -3.62. The largest absolute Gasteiger partial charge is 0.496 e. The molecule has 0 fully saturated rings. The van der Waals surface area contributed by atoms with Crippen LogP contribution in [0.25, 0.3) is 10.6 Å². The zero-order valence-electron chi connectivity index (χ0n) is 17.5. The van der Waals surface area contributed by atoms with Crippen molar-refractivity contribution in [2.45, 2.75) is 37.8 Å². The lowest BCUT2D eigenvalue weighted by Crippen LogP contribution is -2.32. The number of hydrogen-bond donors (Lipinski definition) is 1. The van der Waals surface area contributed by atoms with Gasteiger partial charge in [-0.25, -0.2) is 22.9 Å². The van der Waals surface area contributed by atoms with Crippen LogP contribution >= 0.6 is 11.3 Å². The highest BCUT2D eigenvalue weighted by Crippen LogP contribution is 2.32. The lowest BCUT2D eigenvalue weighted by molar-refractivity contribution is 0.0468. The number of para-hydroxylation sites is 1. The second-order valence-corrected chi connectivity index (χ2v) is 9.45. The molecule has 3 rings (SSSR count). The van der Waals surface area contributed by atoms with E-state index in [0.717, 1.165) is 16.3 Å². The molecule has 1 atom stereocenters. The maximum atomic E-state index is 12.3.